The summed E-state index contributed by atoms with van der Waals surface area (Å²) in [6, 6.07) is 0.309. The first-order valence-corrected chi connectivity index (χ1v) is 6.43. The second kappa shape index (κ2) is 5.64. The van der Waals surface area contributed by atoms with E-state index in [0.717, 1.165) is 13.1 Å². The van der Waals surface area contributed by atoms with E-state index in [4.69, 9.17) is 9.47 Å². The summed E-state index contributed by atoms with van der Waals surface area (Å²) in [4.78, 5) is 11.9. The van der Waals surface area contributed by atoms with E-state index in [1.807, 2.05) is 0 Å². The van der Waals surface area contributed by atoms with Gasteiger partial charge in [0.2, 0.25) is 0 Å². The Balaban J connectivity index is 1.50. The molecule has 0 bridgehead atoms. The average molecular weight is 267 g/mol. The van der Waals surface area contributed by atoms with Gasteiger partial charge in [-0.2, -0.15) is 0 Å². The molecular formula is C11H17N5O3. The van der Waals surface area contributed by atoms with Crippen molar-refractivity contribution in [3.8, 4) is 0 Å². The molecule has 1 aromatic heterocycles. The van der Waals surface area contributed by atoms with Gasteiger partial charge in [0.25, 0.3) is 5.91 Å². The Morgan fingerprint density at radius 1 is 1.53 bits per heavy atom. The molecule has 19 heavy (non-hydrogen) atoms. The van der Waals surface area contributed by atoms with Crippen molar-refractivity contribution in [1.29, 1.82) is 0 Å². The van der Waals surface area contributed by atoms with Crippen LogP contribution in [0.5, 0.6) is 0 Å². The zero-order chi connectivity index (χ0) is 13.1. The fourth-order valence-electron chi connectivity index (χ4n) is 1.97. The first-order valence-electron chi connectivity index (χ1n) is 6.43. The van der Waals surface area contributed by atoms with Crippen LogP contribution in [0.25, 0.3) is 0 Å². The minimum absolute atomic E-state index is 0.0800. The molecule has 8 heteroatoms. The highest BCUT2D eigenvalue weighted by Gasteiger charge is 2.22. The zero-order valence-electron chi connectivity index (χ0n) is 10.5. The SMILES string of the molecule is O=C(NCC1COCCO1)c1cn(C2CNC2)nn1. The summed E-state index contributed by atoms with van der Waals surface area (Å²) in [7, 11) is 0. The molecule has 1 atom stereocenters. The maximum atomic E-state index is 11.9. The van der Waals surface area contributed by atoms with E-state index < -0.39 is 0 Å². The summed E-state index contributed by atoms with van der Waals surface area (Å²) in [6.45, 7) is 3.88. The van der Waals surface area contributed by atoms with Gasteiger partial charge in [-0.05, 0) is 0 Å². The van der Waals surface area contributed by atoms with E-state index in [-0.39, 0.29) is 12.0 Å². The smallest absolute Gasteiger partial charge is 0.273 e. The quantitative estimate of drug-likeness (QED) is 0.695. The van der Waals surface area contributed by atoms with Crippen LogP contribution >= 0.6 is 0 Å². The number of aromatic nitrogens is 3. The van der Waals surface area contributed by atoms with Gasteiger partial charge in [0.15, 0.2) is 5.69 Å². The van der Waals surface area contributed by atoms with E-state index in [0.29, 0.717) is 38.1 Å². The molecule has 2 N–H and O–H groups in total. The molecule has 0 spiro atoms. The standard InChI is InChI=1S/C11H17N5O3/c17-11(13-5-9-7-18-1-2-19-9)10-6-16(15-14-10)8-3-12-4-8/h6,8-9,12H,1-5,7H2,(H,13,17). The lowest BCUT2D eigenvalue weighted by molar-refractivity contribution is -0.0855. The highest BCUT2D eigenvalue weighted by molar-refractivity contribution is 5.91. The van der Waals surface area contributed by atoms with Crippen molar-refractivity contribution in [2.45, 2.75) is 12.1 Å². The molecule has 104 valence electrons. The largest absolute Gasteiger partial charge is 0.376 e. The van der Waals surface area contributed by atoms with Gasteiger partial charge < -0.3 is 20.1 Å². The molecule has 1 unspecified atom stereocenters. The molecule has 8 nitrogen and oxygen atoms in total. The van der Waals surface area contributed by atoms with Crippen molar-refractivity contribution in [2.75, 3.05) is 39.5 Å². The third kappa shape index (κ3) is 2.91. The highest BCUT2D eigenvalue weighted by Crippen LogP contribution is 2.09. The number of nitrogens with zero attached hydrogens (tertiary/aromatic N) is 3. The molecular weight excluding hydrogens is 250 g/mol. The average Bonchev–Trinajstić information content (AvgIpc) is 2.84. The minimum atomic E-state index is -0.229. The number of carbonyl (C=O) groups excluding carboxylic acids is 1. The van der Waals surface area contributed by atoms with Gasteiger partial charge in [0.1, 0.15) is 0 Å². The molecule has 2 aliphatic rings. The lowest BCUT2D eigenvalue weighted by atomic mass is 10.2. The molecule has 0 saturated carbocycles. The molecule has 2 aliphatic heterocycles. The van der Waals surface area contributed by atoms with Crippen LogP contribution in [0.1, 0.15) is 16.5 Å². The van der Waals surface area contributed by atoms with Gasteiger partial charge in [0.05, 0.1) is 38.2 Å². The van der Waals surface area contributed by atoms with E-state index in [9.17, 15) is 4.79 Å². The molecule has 1 amide bonds. The van der Waals surface area contributed by atoms with Gasteiger partial charge in [0, 0.05) is 19.6 Å². The maximum absolute atomic E-state index is 11.9. The van der Waals surface area contributed by atoms with Gasteiger partial charge >= 0.3 is 0 Å². The van der Waals surface area contributed by atoms with Gasteiger partial charge in [-0.25, -0.2) is 4.68 Å². The van der Waals surface area contributed by atoms with Crippen molar-refractivity contribution in [3.63, 3.8) is 0 Å². The normalized spacial score (nSPS) is 23.9. The maximum Gasteiger partial charge on any atom is 0.273 e. The van der Waals surface area contributed by atoms with Crippen LogP contribution in [0, 0.1) is 0 Å². The zero-order valence-corrected chi connectivity index (χ0v) is 10.5. The van der Waals surface area contributed by atoms with Gasteiger partial charge in [-0.15, -0.1) is 5.10 Å². The molecule has 2 fully saturated rings. The summed E-state index contributed by atoms with van der Waals surface area (Å²) in [6.07, 6.45) is 1.60. The molecule has 1 aromatic rings. The van der Waals surface area contributed by atoms with E-state index >= 15 is 0 Å². The number of rotatable bonds is 4. The second-order valence-electron chi connectivity index (χ2n) is 4.67. The van der Waals surface area contributed by atoms with Crippen molar-refractivity contribution in [3.05, 3.63) is 11.9 Å². The van der Waals surface area contributed by atoms with E-state index in [2.05, 4.69) is 20.9 Å². The van der Waals surface area contributed by atoms with Crippen LogP contribution in [-0.2, 0) is 9.47 Å². The number of ether oxygens (including phenoxy) is 2. The Labute approximate surface area is 110 Å². The van der Waals surface area contributed by atoms with Crippen LogP contribution in [0.15, 0.2) is 6.20 Å². The van der Waals surface area contributed by atoms with Crippen molar-refractivity contribution >= 4 is 5.91 Å². The Morgan fingerprint density at radius 2 is 2.42 bits per heavy atom. The number of carbonyl (C=O) groups is 1. The Kier molecular flexibility index (Phi) is 3.72. The van der Waals surface area contributed by atoms with Crippen LogP contribution in [0.4, 0.5) is 0 Å². The number of hydrogen-bond acceptors (Lipinski definition) is 6. The first kappa shape index (κ1) is 12.5. The number of hydrogen-bond donors (Lipinski definition) is 2. The summed E-state index contributed by atoms with van der Waals surface area (Å²) >= 11 is 0. The Bertz CT molecular complexity index is 439. The predicted octanol–water partition coefficient (Wildman–Crippen LogP) is -1.43. The summed E-state index contributed by atoms with van der Waals surface area (Å²) in [5.41, 5.74) is 0.337. The van der Waals surface area contributed by atoms with Crippen LogP contribution in [0.3, 0.4) is 0 Å². The summed E-state index contributed by atoms with van der Waals surface area (Å²) in [5.74, 6) is -0.229. The lowest BCUT2D eigenvalue weighted by Crippen LogP contribution is -2.43. The first-order chi connectivity index (χ1) is 9.33. The number of nitrogens with one attached hydrogen (secondary N) is 2. The third-order valence-corrected chi connectivity index (χ3v) is 3.25. The summed E-state index contributed by atoms with van der Waals surface area (Å²) < 4.78 is 12.4. The van der Waals surface area contributed by atoms with Crippen LogP contribution in [-0.4, -0.2) is 66.5 Å². The second-order valence-corrected chi connectivity index (χ2v) is 4.67. The van der Waals surface area contributed by atoms with Gasteiger partial charge in [-0.3, -0.25) is 4.79 Å². The molecule has 0 radical (unpaired) electrons. The molecule has 3 heterocycles. The Morgan fingerprint density at radius 3 is 3.11 bits per heavy atom. The lowest BCUT2D eigenvalue weighted by Gasteiger charge is -2.26. The van der Waals surface area contributed by atoms with Crippen molar-refractivity contribution in [2.24, 2.45) is 0 Å². The predicted molar refractivity (Wildman–Crippen MR) is 64.8 cm³/mol. The van der Waals surface area contributed by atoms with Gasteiger partial charge in [-0.1, -0.05) is 5.21 Å². The van der Waals surface area contributed by atoms with Crippen molar-refractivity contribution < 1.29 is 14.3 Å². The minimum Gasteiger partial charge on any atom is -0.376 e. The monoisotopic (exact) mass is 267 g/mol. The third-order valence-electron chi connectivity index (χ3n) is 3.25. The Hall–Kier alpha value is -1.51. The topological polar surface area (TPSA) is 90.3 Å². The molecule has 0 aromatic carbocycles. The van der Waals surface area contributed by atoms with Crippen LogP contribution < -0.4 is 10.6 Å². The van der Waals surface area contributed by atoms with E-state index in [1.54, 1.807) is 10.9 Å². The highest BCUT2D eigenvalue weighted by atomic mass is 16.6. The van der Waals surface area contributed by atoms with Crippen molar-refractivity contribution in [1.82, 2.24) is 25.6 Å². The summed E-state index contributed by atoms with van der Waals surface area (Å²) in [5, 5.41) is 13.8. The fourth-order valence-corrected chi connectivity index (χ4v) is 1.97. The van der Waals surface area contributed by atoms with Crippen LogP contribution in [0.2, 0.25) is 0 Å². The number of amides is 1. The van der Waals surface area contributed by atoms with E-state index in [1.165, 1.54) is 0 Å². The molecule has 3 rings (SSSR count). The molecule has 2 saturated heterocycles. The molecule has 0 aliphatic carbocycles. The fraction of sp³-hybridized carbons (Fsp3) is 0.727.